The Kier molecular flexibility index (Phi) is 5.26. The van der Waals surface area contributed by atoms with Crippen LogP contribution in [0.4, 0.5) is 5.69 Å². The highest BCUT2D eigenvalue weighted by molar-refractivity contribution is 5.98. The van der Waals surface area contributed by atoms with Gasteiger partial charge in [-0.25, -0.2) is 0 Å². The number of carboxylic acid groups (broad SMARTS) is 1. The summed E-state index contributed by atoms with van der Waals surface area (Å²) in [5.74, 6) is -1.03. The van der Waals surface area contributed by atoms with E-state index in [1.165, 1.54) is 0 Å². The van der Waals surface area contributed by atoms with Crippen LogP contribution in [0, 0.1) is 6.92 Å². The van der Waals surface area contributed by atoms with Crippen molar-refractivity contribution in [3.8, 4) is 0 Å². The van der Waals surface area contributed by atoms with E-state index < -0.39 is 18.4 Å². The fourth-order valence-electron chi connectivity index (χ4n) is 1.87. The molecule has 1 aromatic heterocycles. The van der Waals surface area contributed by atoms with Crippen LogP contribution in [0.5, 0.6) is 0 Å². The van der Waals surface area contributed by atoms with Gasteiger partial charge in [-0.05, 0) is 19.1 Å². The van der Waals surface area contributed by atoms with Gasteiger partial charge in [-0.3, -0.25) is 14.5 Å². The minimum atomic E-state index is -1.09. The minimum absolute atomic E-state index is 0.0995. The molecule has 2 rings (SSSR count). The molecule has 1 N–H and O–H groups in total. The van der Waals surface area contributed by atoms with Crippen molar-refractivity contribution >= 4 is 17.6 Å². The average molecular weight is 304 g/mol. The van der Waals surface area contributed by atoms with E-state index in [2.05, 4.69) is 5.16 Å². The zero-order valence-electron chi connectivity index (χ0n) is 12.1. The van der Waals surface area contributed by atoms with E-state index in [0.717, 1.165) is 10.6 Å². The van der Waals surface area contributed by atoms with Crippen molar-refractivity contribution in [2.75, 3.05) is 18.1 Å². The number of rotatable bonds is 7. The third-order valence-electron chi connectivity index (χ3n) is 2.81. The summed E-state index contributed by atoms with van der Waals surface area (Å²) < 4.78 is 10.2. The fraction of sp³-hybridized carbons (Fsp3) is 0.267. The number of carbonyl (C=O) groups is 2. The normalized spacial score (nSPS) is 10.4. The van der Waals surface area contributed by atoms with Crippen LogP contribution in [0.1, 0.15) is 11.5 Å². The monoisotopic (exact) mass is 304 g/mol. The molecule has 2 aromatic rings. The van der Waals surface area contributed by atoms with Gasteiger partial charge in [-0.2, -0.15) is 0 Å². The van der Waals surface area contributed by atoms with Crippen molar-refractivity contribution in [3.05, 3.63) is 47.9 Å². The lowest BCUT2D eigenvalue weighted by Gasteiger charge is -2.20. The molecule has 0 bridgehead atoms. The molecule has 7 heteroatoms. The number of hydrogen-bond acceptors (Lipinski definition) is 5. The van der Waals surface area contributed by atoms with E-state index >= 15 is 0 Å². The number of carboxylic acids is 1. The first-order chi connectivity index (χ1) is 10.6. The first-order valence-corrected chi connectivity index (χ1v) is 6.63. The predicted octanol–water partition coefficient (Wildman–Crippen LogP) is 1.62. The number of benzene rings is 1. The van der Waals surface area contributed by atoms with Crippen LogP contribution in [0.15, 0.2) is 40.9 Å². The number of nitrogens with zero attached hydrogens (tertiary/aromatic N) is 2. The van der Waals surface area contributed by atoms with E-state index in [1.807, 2.05) is 0 Å². The van der Waals surface area contributed by atoms with Gasteiger partial charge >= 0.3 is 5.97 Å². The van der Waals surface area contributed by atoms with Crippen LogP contribution in [0.25, 0.3) is 0 Å². The summed E-state index contributed by atoms with van der Waals surface area (Å²) >= 11 is 0. The largest absolute Gasteiger partial charge is 0.480 e. The summed E-state index contributed by atoms with van der Waals surface area (Å²) in [5.41, 5.74) is 1.23. The molecule has 22 heavy (non-hydrogen) atoms. The minimum Gasteiger partial charge on any atom is -0.480 e. The Morgan fingerprint density at radius 1 is 1.32 bits per heavy atom. The van der Waals surface area contributed by atoms with Crippen molar-refractivity contribution in [1.82, 2.24) is 5.16 Å². The molecule has 0 saturated heterocycles. The first-order valence-electron chi connectivity index (χ1n) is 6.63. The van der Waals surface area contributed by atoms with E-state index in [-0.39, 0.29) is 13.2 Å². The zero-order valence-corrected chi connectivity index (χ0v) is 12.1. The fourth-order valence-corrected chi connectivity index (χ4v) is 1.87. The zero-order chi connectivity index (χ0) is 15.9. The number of aryl methyl sites for hydroxylation is 1. The standard InChI is InChI=1S/C15H16N2O5/c1-11-7-13(22-16-11)9-21-10-14(18)17(8-15(19)20)12-5-3-2-4-6-12/h2-7H,8-10H2,1H3,(H,19,20). The molecule has 0 saturated carbocycles. The number of carbonyl (C=O) groups excluding carboxylic acids is 1. The number of para-hydroxylation sites is 1. The molecule has 1 heterocycles. The van der Waals surface area contributed by atoms with E-state index in [1.54, 1.807) is 43.3 Å². The molecule has 116 valence electrons. The highest BCUT2D eigenvalue weighted by Crippen LogP contribution is 2.13. The van der Waals surface area contributed by atoms with Crippen molar-refractivity contribution in [2.24, 2.45) is 0 Å². The summed E-state index contributed by atoms with van der Waals surface area (Å²) in [4.78, 5) is 24.3. The number of amides is 1. The second-order valence-corrected chi connectivity index (χ2v) is 4.64. The van der Waals surface area contributed by atoms with E-state index in [9.17, 15) is 9.59 Å². The third-order valence-corrected chi connectivity index (χ3v) is 2.81. The number of hydrogen-bond donors (Lipinski definition) is 1. The molecule has 0 aliphatic carbocycles. The Labute approximate surface area is 127 Å². The average Bonchev–Trinajstić information content (AvgIpc) is 2.91. The van der Waals surface area contributed by atoms with Gasteiger partial charge in [0.1, 0.15) is 19.8 Å². The molecule has 1 amide bonds. The molecule has 1 aromatic carbocycles. The van der Waals surface area contributed by atoms with Gasteiger partial charge < -0.3 is 14.4 Å². The smallest absolute Gasteiger partial charge is 0.323 e. The van der Waals surface area contributed by atoms with Crippen LogP contribution >= 0.6 is 0 Å². The van der Waals surface area contributed by atoms with Gasteiger partial charge in [0.25, 0.3) is 5.91 Å². The summed E-state index contributed by atoms with van der Waals surface area (Å²) in [7, 11) is 0. The van der Waals surface area contributed by atoms with Gasteiger partial charge in [-0.15, -0.1) is 0 Å². The summed E-state index contributed by atoms with van der Waals surface area (Å²) in [6.07, 6.45) is 0. The van der Waals surface area contributed by atoms with Gasteiger partial charge in [0, 0.05) is 11.8 Å². The molecule has 0 atom stereocenters. The molecule has 0 aliphatic rings. The molecule has 0 fully saturated rings. The van der Waals surface area contributed by atoms with Gasteiger partial charge in [-0.1, -0.05) is 23.4 Å². The lowest BCUT2D eigenvalue weighted by molar-refractivity contribution is -0.137. The number of anilines is 1. The van der Waals surface area contributed by atoms with Gasteiger partial charge in [0.05, 0.1) is 5.69 Å². The molecular formula is C15H16N2O5. The highest BCUT2D eigenvalue weighted by Gasteiger charge is 2.18. The lowest BCUT2D eigenvalue weighted by atomic mass is 10.3. The van der Waals surface area contributed by atoms with Crippen molar-refractivity contribution in [3.63, 3.8) is 0 Å². The van der Waals surface area contributed by atoms with Crippen molar-refractivity contribution in [2.45, 2.75) is 13.5 Å². The quantitative estimate of drug-likeness (QED) is 0.835. The van der Waals surface area contributed by atoms with E-state index in [0.29, 0.717) is 11.4 Å². The molecule has 0 unspecified atom stereocenters. The van der Waals surface area contributed by atoms with Gasteiger partial charge in [0.15, 0.2) is 5.76 Å². The maximum atomic E-state index is 12.2. The Balaban J connectivity index is 1.95. The first kappa shape index (κ1) is 15.7. The molecule has 0 radical (unpaired) electrons. The highest BCUT2D eigenvalue weighted by atomic mass is 16.5. The molecular weight excluding hydrogens is 288 g/mol. The van der Waals surface area contributed by atoms with Crippen molar-refractivity contribution in [1.29, 1.82) is 0 Å². The number of ether oxygens (including phenoxy) is 1. The third kappa shape index (κ3) is 4.42. The maximum Gasteiger partial charge on any atom is 0.323 e. The second-order valence-electron chi connectivity index (χ2n) is 4.64. The summed E-state index contributed by atoms with van der Waals surface area (Å²) in [6, 6.07) is 10.3. The van der Waals surface area contributed by atoms with Crippen LogP contribution in [-0.2, 0) is 20.9 Å². The Bertz CT molecular complexity index is 638. The van der Waals surface area contributed by atoms with Crippen LogP contribution < -0.4 is 4.90 Å². The van der Waals surface area contributed by atoms with Crippen LogP contribution in [0.3, 0.4) is 0 Å². The molecule has 0 spiro atoms. The number of aromatic nitrogens is 1. The summed E-state index contributed by atoms with van der Waals surface area (Å²) in [5, 5.41) is 12.7. The SMILES string of the molecule is Cc1cc(COCC(=O)N(CC(=O)O)c2ccccc2)on1. The Morgan fingerprint density at radius 3 is 2.64 bits per heavy atom. The van der Waals surface area contributed by atoms with Crippen LogP contribution in [-0.4, -0.2) is 35.3 Å². The second kappa shape index (κ2) is 7.37. The van der Waals surface area contributed by atoms with E-state index in [4.69, 9.17) is 14.4 Å². The molecule has 7 nitrogen and oxygen atoms in total. The van der Waals surface area contributed by atoms with Gasteiger partial charge in [0.2, 0.25) is 0 Å². The molecule has 0 aliphatic heterocycles. The van der Waals surface area contributed by atoms with Crippen molar-refractivity contribution < 1.29 is 24.0 Å². The number of aliphatic carboxylic acids is 1. The lowest BCUT2D eigenvalue weighted by Crippen LogP contribution is -2.38. The predicted molar refractivity (Wildman–Crippen MR) is 77.3 cm³/mol. The van der Waals surface area contributed by atoms with Crippen LogP contribution in [0.2, 0.25) is 0 Å². The summed E-state index contributed by atoms with van der Waals surface area (Å²) in [6.45, 7) is 1.21. The Morgan fingerprint density at radius 2 is 2.05 bits per heavy atom. The maximum absolute atomic E-state index is 12.2. The Hall–Kier alpha value is -2.67. The topological polar surface area (TPSA) is 92.9 Å².